The number of non-ortho nitro benzene ring substituents is 1. The first-order chi connectivity index (χ1) is 13.8. The average Bonchev–Trinajstić information content (AvgIpc) is 2.66. The van der Waals surface area contributed by atoms with Crippen molar-refractivity contribution in [3.63, 3.8) is 0 Å². The smallest absolute Gasteiger partial charge is 0.301 e. The first kappa shape index (κ1) is 19.8. The molecule has 5 rings (SSSR count). The van der Waals surface area contributed by atoms with E-state index in [4.69, 9.17) is 4.74 Å². The van der Waals surface area contributed by atoms with Gasteiger partial charge in [-0.05, 0) is 69.3 Å². The van der Waals surface area contributed by atoms with Crippen LogP contribution in [0.5, 0.6) is 0 Å². The maximum atomic E-state index is 11.4. The van der Waals surface area contributed by atoms with Crippen molar-refractivity contribution in [1.29, 1.82) is 0 Å². The molecule has 29 heavy (non-hydrogen) atoms. The second-order valence-electron chi connectivity index (χ2n) is 8.90. The fourth-order valence-electron chi connectivity index (χ4n) is 6.18. The quantitative estimate of drug-likeness (QED) is 0.407. The van der Waals surface area contributed by atoms with E-state index in [-0.39, 0.29) is 28.6 Å². The van der Waals surface area contributed by atoms with E-state index < -0.39 is 9.85 Å². The lowest BCUT2D eigenvalue weighted by molar-refractivity contribution is -0.393. The second kappa shape index (κ2) is 7.37. The van der Waals surface area contributed by atoms with Crippen molar-refractivity contribution in [3.05, 3.63) is 38.4 Å². The Balaban J connectivity index is 1.67. The predicted molar refractivity (Wildman–Crippen MR) is 108 cm³/mol. The van der Waals surface area contributed by atoms with E-state index in [0.717, 1.165) is 48.8 Å². The third-order valence-electron chi connectivity index (χ3n) is 7.01. The first-order valence-electron chi connectivity index (χ1n) is 10.1. The fourth-order valence-corrected chi connectivity index (χ4v) is 6.18. The molecule has 0 amide bonds. The number of hydrazone groups is 1. The molecule has 0 radical (unpaired) electrons. The minimum Gasteiger partial charge on any atom is -0.376 e. The molecule has 1 N–H and O–H groups in total. The van der Waals surface area contributed by atoms with E-state index in [9.17, 15) is 20.2 Å². The van der Waals surface area contributed by atoms with Crippen molar-refractivity contribution in [2.75, 3.05) is 12.5 Å². The van der Waals surface area contributed by atoms with E-state index in [1.54, 1.807) is 7.11 Å². The van der Waals surface area contributed by atoms with Crippen LogP contribution in [0.25, 0.3) is 0 Å². The number of ether oxygens (including phenoxy) is 1. The van der Waals surface area contributed by atoms with E-state index in [1.807, 2.05) is 6.92 Å². The van der Waals surface area contributed by atoms with E-state index in [2.05, 4.69) is 10.5 Å². The van der Waals surface area contributed by atoms with Crippen LogP contribution in [-0.2, 0) is 4.74 Å². The Morgan fingerprint density at radius 1 is 1.14 bits per heavy atom. The van der Waals surface area contributed by atoms with Crippen molar-refractivity contribution in [2.24, 2.45) is 28.3 Å². The summed E-state index contributed by atoms with van der Waals surface area (Å²) in [4.78, 5) is 21.1. The summed E-state index contributed by atoms with van der Waals surface area (Å²) >= 11 is 0. The van der Waals surface area contributed by atoms with Crippen LogP contribution in [0.4, 0.5) is 17.1 Å². The molecule has 4 aliphatic rings. The van der Waals surface area contributed by atoms with Gasteiger partial charge >= 0.3 is 5.69 Å². The van der Waals surface area contributed by atoms with Crippen LogP contribution in [0.1, 0.15) is 45.4 Å². The number of methoxy groups -OCH3 is 1. The Bertz CT molecular complexity index is 833. The summed E-state index contributed by atoms with van der Waals surface area (Å²) in [5.74, 6) is 2.18. The van der Waals surface area contributed by atoms with Gasteiger partial charge in [-0.3, -0.25) is 25.7 Å². The summed E-state index contributed by atoms with van der Waals surface area (Å²) in [5, 5.41) is 27.0. The SMILES string of the molecule is CO[C@@H](C)/C(=N/Nc1ccc([N+](=O)[O-])cc1[N+](=O)[O-])C12CC3CC(CC(C3)C1)C2. The Hall–Kier alpha value is -2.55. The topological polar surface area (TPSA) is 120 Å². The second-order valence-corrected chi connectivity index (χ2v) is 8.90. The molecule has 4 fully saturated rings. The number of hydrogen-bond donors (Lipinski definition) is 1. The highest BCUT2D eigenvalue weighted by atomic mass is 16.6. The summed E-state index contributed by atoms with van der Waals surface area (Å²) in [7, 11) is 1.65. The summed E-state index contributed by atoms with van der Waals surface area (Å²) in [6.07, 6.45) is 6.97. The van der Waals surface area contributed by atoms with Gasteiger partial charge in [-0.15, -0.1) is 0 Å². The van der Waals surface area contributed by atoms with Gasteiger partial charge in [0.25, 0.3) is 5.69 Å². The first-order valence-corrected chi connectivity index (χ1v) is 10.1. The van der Waals surface area contributed by atoms with Gasteiger partial charge in [0, 0.05) is 18.6 Å². The predicted octanol–water partition coefficient (Wildman–Crippen LogP) is 4.52. The van der Waals surface area contributed by atoms with Gasteiger partial charge in [0.1, 0.15) is 5.69 Å². The van der Waals surface area contributed by atoms with E-state index in [0.29, 0.717) is 0 Å². The third kappa shape index (κ3) is 3.59. The molecule has 9 nitrogen and oxygen atoms in total. The van der Waals surface area contributed by atoms with E-state index >= 15 is 0 Å². The van der Waals surface area contributed by atoms with Crippen LogP contribution < -0.4 is 5.43 Å². The van der Waals surface area contributed by atoms with Gasteiger partial charge in [-0.1, -0.05) is 0 Å². The largest absolute Gasteiger partial charge is 0.376 e. The van der Waals surface area contributed by atoms with Crippen molar-refractivity contribution in [1.82, 2.24) is 0 Å². The number of nitrogens with one attached hydrogen (secondary N) is 1. The molecule has 1 aromatic carbocycles. The number of nitrogens with zero attached hydrogens (tertiary/aromatic N) is 3. The molecule has 156 valence electrons. The number of rotatable bonds is 7. The monoisotopic (exact) mass is 402 g/mol. The highest BCUT2D eigenvalue weighted by molar-refractivity contribution is 5.95. The minimum absolute atomic E-state index is 0.0211. The third-order valence-corrected chi connectivity index (χ3v) is 7.01. The normalized spacial score (nSPS) is 31.5. The molecule has 0 heterocycles. The van der Waals surface area contributed by atoms with Gasteiger partial charge < -0.3 is 4.74 Å². The van der Waals surface area contributed by atoms with Crippen LogP contribution >= 0.6 is 0 Å². The molecule has 4 saturated carbocycles. The molecular weight excluding hydrogens is 376 g/mol. The van der Waals surface area contributed by atoms with Crippen molar-refractivity contribution in [2.45, 2.75) is 51.6 Å². The van der Waals surface area contributed by atoms with Crippen LogP contribution in [0.15, 0.2) is 23.3 Å². The summed E-state index contributed by atoms with van der Waals surface area (Å²) < 4.78 is 5.62. The molecule has 0 aromatic heterocycles. The standard InChI is InChI=1S/C20H26N4O5/c1-12(29-2)19(20-9-13-5-14(10-20)7-15(6-13)11-20)22-21-17-4-3-16(23(25)26)8-18(17)24(27)28/h3-4,8,12-15,21H,5-7,9-11H2,1-2H3/b22-19-/t12-,13?,14?,15?,20?/m0/s1. The van der Waals surface area contributed by atoms with Crippen molar-refractivity contribution < 1.29 is 14.6 Å². The molecule has 0 aliphatic heterocycles. The number of nitro groups is 2. The Morgan fingerprint density at radius 2 is 1.72 bits per heavy atom. The maximum absolute atomic E-state index is 11.4. The zero-order valence-corrected chi connectivity index (χ0v) is 16.7. The molecule has 4 aliphatic carbocycles. The van der Waals surface area contributed by atoms with Gasteiger partial charge in [-0.2, -0.15) is 5.10 Å². The average molecular weight is 402 g/mol. The molecule has 4 bridgehead atoms. The lowest BCUT2D eigenvalue weighted by Gasteiger charge is -2.57. The van der Waals surface area contributed by atoms with Crippen LogP contribution in [0, 0.1) is 43.4 Å². The fraction of sp³-hybridized carbons (Fsp3) is 0.650. The number of anilines is 1. The van der Waals surface area contributed by atoms with Gasteiger partial charge in [0.2, 0.25) is 0 Å². The van der Waals surface area contributed by atoms with Crippen LogP contribution in [-0.4, -0.2) is 28.8 Å². The Labute approximate surface area is 168 Å². The van der Waals surface area contributed by atoms with Crippen LogP contribution in [0.3, 0.4) is 0 Å². The highest BCUT2D eigenvalue weighted by Crippen LogP contribution is 2.61. The zero-order valence-electron chi connectivity index (χ0n) is 16.7. The van der Waals surface area contributed by atoms with Crippen molar-refractivity contribution >= 4 is 22.8 Å². The number of nitro benzene ring substituents is 2. The lowest BCUT2D eigenvalue weighted by atomic mass is 9.48. The molecule has 0 spiro atoms. The molecule has 0 unspecified atom stereocenters. The van der Waals surface area contributed by atoms with Gasteiger partial charge in [-0.25, -0.2) is 0 Å². The molecule has 1 aromatic rings. The summed E-state index contributed by atoms with van der Waals surface area (Å²) in [6.45, 7) is 1.96. The van der Waals surface area contributed by atoms with Gasteiger partial charge in [0.05, 0.1) is 27.7 Å². The Kier molecular flexibility index (Phi) is 5.02. The number of hydrogen-bond acceptors (Lipinski definition) is 7. The number of benzene rings is 1. The van der Waals surface area contributed by atoms with E-state index in [1.165, 1.54) is 31.4 Å². The molecule has 0 saturated heterocycles. The zero-order chi connectivity index (χ0) is 20.8. The molecule has 9 heteroatoms. The van der Waals surface area contributed by atoms with Crippen LogP contribution in [0.2, 0.25) is 0 Å². The summed E-state index contributed by atoms with van der Waals surface area (Å²) in [6, 6.07) is 3.55. The molecule has 1 atom stereocenters. The lowest BCUT2D eigenvalue weighted by Crippen LogP contribution is -2.52. The summed E-state index contributed by atoms with van der Waals surface area (Å²) in [5.41, 5.74) is 3.19. The van der Waals surface area contributed by atoms with Gasteiger partial charge in [0.15, 0.2) is 0 Å². The minimum atomic E-state index is -0.645. The maximum Gasteiger partial charge on any atom is 0.301 e. The van der Waals surface area contributed by atoms with Crippen molar-refractivity contribution in [3.8, 4) is 0 Å². The Morgan fingerprint density at radius 3 is 2.21 bits per heavy atom. The highest BCUT2D eigenvalue weighted by Gasteiger charge is 2.54. The molecular formula is C20H26N4O5.